The van der Waals surface area contributed by atoms with Crippen LogP contribution in [0.3, 0.4) is 0 Å². The first kappa shape index (κ1) is 11.0. The van der Waals surface area contributed by atoms with Crippen LogP contribution in [0, 0.1) is 5.92 Å². The summed E-state index contributed by atoms with van der Waals surface area (Å²) in [5, 5.41) is 9.69. The molecule has 0 amide bonds. The van der Waals surface area contributed by atoms with Crippen molar-refractivity contribution in [3.05, 3.63) is 0 Å². The normalized spacial score (nSPS) is 30.0. The molecule has 0 bridgehead atoms. The molecule has 1 N–H and O–H groups in total. The lowest BCUT2D eigenvalue weighted by Gasteiger charge is -2.32. The molecule has 0 heterocycles. The Hall–Kier alpha value is -0.0800. The summed E-state index contributed by atoms with van der Waals surface area (Å²) in [5.41, 5.74) is -0.558. The minimum atomic E-state index is -0.558. The molecular weight excluding hydrogens is 162 g/mol. The van der Waals surface area contributed by atoms with Gasteiger partial charge in [-0.05, 0) is 39.7 Å². The van der Waals surface area contributed by atoms with Gasteiger partial charge < -0.3 is 10.0 Å². The van der Waals surface area contributed by atoms with Gasteiger partial charge in [-0.1, -0.05) is 13.3 Å². The minimum Gasteiger partial charge on any atom is -0.389 e. The van der Waals surface area contributed by atoms with Crippen molar-refractivity contribution in [2.45, 2.75) is 51.7 Å². The number of hydrogen-bond acceptors (Lipinski definition) is 2. The van der Waals surface area contributed by atoms with Crippen molar-refractivity contribution in [1.82, 2.24) is 4.90 Å². The zero-order valence-electron chi connectivity index (χ0n) is 9.38. The Morgan fingerprint density at radius 2 is 2.00 bits per heavy atom. The van der Waals surface area contributed by atoms with Crippen LogP contribution in [0.5, 0.6) is 0 Å². The Balaban J connectivity index is 2.43. The van der Waals surface area contributed by atoms with E-state index in [1.165, 1.54) is 19.3 Å². The third-order valence-electron chi connectivity index (χ3n) is 3.02. The Morgan fingerprint density at radius 1 is 1.38 bits per heavy atom. The maximum absolute atomic E-state index is 9.69. The van der Waals surface area contributed by atoms with E-state index >= 15 is 0 Å². The van der Waals surface area contributed by atoms with Crippen LogP contribution in [0.25, 0.3) is 0 Å². The molecule has 0 aromatic heterocycles. The van der Waals surface area contributed by atoms with E-state index in [1.54, 1.807) is 0 Å². The maximum Gasteiger partial charge on any atom is 0.0718 e. The van der Waals surface area contributed by atoms with E-state index in [-0.39, 0.29) is 0 Å². The monoisotopic (exact) mass is 185 g/mol. The number of aliphatic hydroxyl groups is 1. The molecular formula is C11H23NO. The summed E-state index contributed by atoms with van der Waals surface area (Å²) < 4.78 is 0. The fraction of sp³-hybridized carbons (Fsp3) is 1.00. The standard InChI is InChI=1S/C11H23NO/c1-9-6-5-7-10(9)12(4)8-11(2,3)13/h9-10,13H,5-8H2,1-4H3. The van der Waals surface area contributed by atoms with Crippen LogP contribution in [0.2, 0.25) is 0 Å². The van der Waals surface area contributed by atoms with Crippen LogP contribution < -0.4 is 0 Å². The summed E-state index contributed by atoms with van der Waals surface area (Å²) in [6.45, 7) is 6.85. The van der Waals surface area contributed by atoms with Crippen molar-refractivity contribution in [2.24, 2.45) is 5.92 Å². The summed E-state index contributed by atoms with van der Waals surface area (Å²) in [6.07, 6.45) is 4.00. The molecule has 0 aromatic rings. The number of nitrogens with zero attached hydrogens (tertiary/aromatic N) is 1. The largest absolute Gasteiger partial charge is 0.389 e. The average Bonchev–Trinajstić information content (AvgIpc) is 2.30. The lowest BCUT2D eigenvalue weighted by molar-refractivity contribution is 0.0264. The maximum atomic E-state index is 9.69. The first-order valence-electron chi connectivity index (χ1n) is 5.33. The predicted molar refractivity (Wildman–Crippen MR) is 55.7 cm³/mol. The zero-order chi connectivity index (χ0) is 10.1. The van der Waals surface area contributed by atoms with Crippen molar-refractivity contribution in [2.75, 3.05) is 13.6 Å². The SMILES string of the molecule is CC1CCCC1N(C)CC(C)(C)O. The fourth-order valence-electron chi connectivity index (χ4n) is 2.51. The molecule has 1 aliphatic rings. The highest BCUT2D eigenvalue weighted by atomic mass is 16.3. The topological polar surface area (TPSA) is 23.5 Å². The van der Waals surface area contributed by atoms with E-state index < -0.39 is 5.60 Å². The van der Waals surface area contributed by atoms with Gasteiger partial charge in [-0.15, -0.1) is 0 Å². The van der Waals surface area contributed by atoms with Gasteiger partial charge in [0.25, 0.3) is 0 Å². The Bertz CT molecular complexity index is 162. The van der Waals surface area contributed by atoms with E-state index in [2.05, 4.69) is 18.9 Å². The second kappa shape index (κ2) is 3.97. The lowest BCUT2D eigenvalue weighted by Crippen LogP contribution is -2.43. The van der Waals surface area contributed by atoms with Crippen LogP contribution >= 0.6 is 0 Å². The molecule has 13 heavy (non-hydrogen) atoms. The van der Waals surface area contributed by atoms with Crippen molar-refractivity contribution >= 4 is 0 Å². The molecule has 2 heteroatoms. The van der Waals surface area contributed by atoms with Crippen LogP contribution in [0.1, 0.15) is 40.0 Å². The molecule has 1 aliphatic carbocycles. The van der Waals surface area contributed by atoms with Crippen molar-refractivity contribution in [1.29, 1.82) is 0 Å². The molecule has 0 radical (unpaired) electrons. The average molecular weight is 185 g/mol. The van der Waals surface area contributed by atoms with Crippen molar-refractivity contribution < 1.29 is 5.11 Å². The number of likely N-dealkylation sites (N-methyl/N-ethyl adjacent to an activating group) is 1. The summed E-state index contributed by atoms with van der Waals surface area (Å²) in [6, 6.07) is 0.687. The fourth-order valence-corrected chi connectivity index (χ4v) is 2.51. The zero-order valence-corrected chi connectivity index (χ0v) is 9.38. The molecule has 1 fully saturated rings. The quantitative estimate of drug-likeness (QED) is 0.725. The van der Waals surface area contributed by atoms with E-state index in [0.717, 1.165) is 12.5 Å². The van der Waals surface area contributed by atoms with Gasteiger partial charge in [0.15, 0.2) is 0 Å². The first-order chi connectivity index (χ1) is 5.90. The molecule has 78 valence electrons. The van der Waals surface area contributed by atoms with Crippen LogP contribution in [-0.2, 0) is 0 Å². The van der Waals surface area contributed by atoms with Gasteiger partial charge in [-0.2, -0.15) is 0 Å². The minimum absolute atomic E-state index is 0.558. The Kier molecular flexibility index (Phi) is 3.36. The van der Waals surface area contributed by atoms with Crippen molar-refractivity contribution in [3.8, 4) is 0 Å². The molecule has 2 atom stereocenters. The number of hydrogen-bond donors (Lipinski definition) is 1. The first-order valence-corrected chi connectivity index (χ1v) is 5.33. The number of rotatable bonds is 3. The van der Waals surface area contributed by atoms with Crippen molar-refractivity contribution in [3.63, 3.8) is 0 Å². The smallest absolute Gasteiger partial charge is 0.0718 e. The molecule has 2 nitrogen and oxygen atoms in total. The highest BCUT2D eigenvalue weighted by Gasteiger charge is 2.29. The van der Waals surface area contributed by atoms with Crippen LogP contribution in [0.15, 0.2) is 0 Å². The van der Waals surface area contributed by atoms with E-state index in [1.807, 2.05) is 13.8 Å². The van der Waals surface area contributed by atoms with Crippen LogP contribution in [0.4, 0.5) is 0 Å². The van der Waals surface area contributed by atoms with Gasteiger partial charge in [0.2, 0.25) is 0 Å². The van der Waals surface area contributed by atoms with Gasteiger partial charge >= 0.3 is 0 Å². The molecule has 0 aliphatic heterocycles. The lowest BCUT2D eigenvalue weighted by atomic mass is 10.0. The van der Waals surface area contributed by atoms with E-state index in [0.29, 0.717) is 6.04 Å². The molecule has 0 saturated heterocycles. The van der Waals surface area contributed by atoms with Crippen LogP contribution in [-0.4, -0.2) is 35.2 Å². The molecule has 1 saturated carbocycles. The van der Waals surface area contributed by atoms with Gasteiger partial charge in [0.1, 0.15) is 0 Å². The second-order valence-corrected chi connectivity index (χ2v) is 5.20. The summed E-state index contributed by atoms with van der Waals surface area (Å²) in [5.74, 6) is 0.798. The summed E-state index contributed by atoms with van der Waals surface area (Å²) in [7, 11) is 2.13. The predicted octanol–water partition coefficient (Wildman–Crippen LogP) is 1.88. The van der Waals surface area contributed by atoms with Gasteiger partial charge in [0, 0.05) is 12.6 Å². The molecule has 0 spiro atoms. The van der Waals surface area contributed by atoms with Gasteiger partial charge in [0.05, 0.1) is 5.60 Å². The van der Waals surface area contributed by atoms with E-state index in [4.69, 9.17) is 0 Å². The van der Waals surface area contributed by atoms with Gasteiger partial charge in [-0.25, -0.2) is 0 Å². The summed E-state index contributed by atoms with van der Waals surface area (Å²) >= 11 is 0. The third kappa shape index (κ3) is 3.28. The second-order valence-electron chi connectivity index (χ2n) is 5.20. The third-order valence-corrected chi connectivity index (χ3v) is 3.02. The van der Waals surface area contributed by atoms with Gasteiger partial charge in [-0.3, -0.25) is 0 Å². The van der Waals surface area contributed by atoms with E-state index in [9.17, 15) is 5.11 Å². The highest BCUT2D eigenvalue weighted by Crippen LogP contribution is 2.29. The molecule has 0 aromatic carbocycles. The Morgan fingerprint density at radius 3 is 2.38 bits per heavy atom. The Labute approximate surface area is 81.9 Å². The summed E-state index contributed by atoms with van der Waals surface area (Å²) in [4.78, 5) is 2.32. The molecule has 1 rings (SSSR count). The molecule has 2 unspecified atom stereocenters. The highest BCUT2D eigenvalue weighted by molar-refractivity contribution is 4.84.